The van der Waals surface area contributed by atoms with Gasteiger partial charge in [-0.1, -0.05) is 48.7 Å². The topological polar surface area (TPSA) is 12.5 Å². The predicted octanol–water partition coefficient (Wildman–Crippen LogP) is 5.11. The lowest BCUT2D eigenvalue weighted by Gasteiger charge is -2.36. The van der Waals surface area contributed by atoms with E-state index in [0.29, 0.717) is 5.41 Å². The number of ether oxygens (including phenoxy) is 1. The lowest BCUT2D eigenvalue weighted by atomic mass is 9.80. The van der Waals surface area contributed by atoms with Crippen LogP contribution in [-0.4, -0.2) is 26.0 Å². The summed E-state index contributed by atoms with van der Waals surface area (Å²) in [5.74, 6) is 0.921. The molecule has 0 amide bonds. The minimum absolute atomic E-state index is 0.362. The molecule has 2 nitrogen and oxygen atoms in total. The number of alkyl halides is 1. The van der Waals surface area contributed by atoms with Crippen LogP contribution in [0.15, 0.2) is 24.3 Å². The molecule has 0 saturated carbocycles. The Labute approximate surface area is 132 Å². The minimum Gasteiger partial charge on any atom is -0.497 e. The van der Waals surface area contributed by atoms with E-state index in [0.717, 1.165) is 17.6 Å². The fourth-order valence-corrected chi connectivity index (χ4v) is 3.70. The fraction of sp³-hybridized carbons (Fsp3) is 0.647. The molecule has 0 atom stereocenters. The zero-order chi connectivity index (χ0) is 15.0. The molecule has 0 heterocycles. The fourth-order valence-electron chi connectivity index (χ4n) is 2.96. The van der Waals surface area contributed by atoms with E-state index in [-0.39, 0.29) is 0 Å². The van der Waals surface area contributed by atoms with Gasteiger partial charge < -0.3 is 9.64 Å². The van der Waals surface area contributed by atoms with E-state index in [1.165, 1.54) is 31.4 Å². The van der Waals surface area contributed by atoms with E-state index in [1.807, 2.05) is 6.07 Å². The highest BCUT2D eigenvalue weighted by Crippen LogP contribution is 2.34. The van der Waals surface area contributed by atoms with Crippen molar-refractivity contribution in [1.29, 1.82) is 0 Å². The number of anilines is 1. The molecule has 0 aliphatic carbocycles. The van der Waals surface area contributed by atoms with Crippen molar-refractivity contribution in [3.8, 4) is 5.75 Å². The number of halogens is 1. The molecule has 0 aliphatic rings. The number of hydrogen-bond donors (Lipinski definition) is 0. The van der Waals surface area contributed by atoms with Gasteiger partial charge in [0.15, 0.2) is 0 Å². The van der Waals surface area contributed by atoms with Gasteiger partial charge in [0.25, 0.3) is 0 Å². The number of methoxy groups -OCH3 is 1. The van der Waals surface area contributed by atoms with Gasteiger partial charge in [-0.15, -0.1) is 0 Å². The molecule has 0 saturated heterocycles. The summed E-state index contributed by atoms with van der Waals surface area (Å²) in [5.41, 5.74) is 1.59. The Morgan fingerprint density at radius 3 is 2.35 bits per heavy atom. The molecule has 0 unspecified atom stereocenters. The Bertz CT molecular complexity index is 388. The van der Waals surface area contributed by atoms with Gasteiger partial charge >= 0.3 is 0 Å². The highest BCUT2D eigenvalue weighted by molar-refractivity contribution is 9.09. The lowest BCUT2D eigenvalue weighted by molar-refractivity contribution is 0.283. The summed E-state index contributed by atoms with van der Waals surface area (Å²) in [5, 5.41) is 1.07. The molecule has 0 bridgehead atoms. The number of hydrogen-bond acceptors (Lipinski definition) is 2. The summed E-state index contributed by atoms with van der Waals surface area (Å²) in [4.78, 5) is 2.36. The molecule has 0 N–H and O–H groups in total. The van der Waals surface area contributed by atoms with Crippen molar-refractivity contribution in [3.05, 3.63) is 24.3 Å². The standard InChI is InChI=1S/C17H28BrNO/c1-5-10-17(13-18,11-6-2)14-19(3)15-8-7-9-16(12-15)20-4/h7-9,12H,5-6,10-11,13-14H2,1-4H3. The minimum atomic E-state index is 0.362. The zero-order valence-corrected chi connectivity index (χ0v) is 14.9. The molecule has 114 valence electrons. The van der Waals surface area contributed by atoms with Crippen LogP contribution in [0.1, 0.15) is 39.5 Å². The van der Waals surface area contributed by atoms with Crippen LogP contribution in [0.5, 0.6) is 5.75 Å². The van der Waals surface area contributed by atoms with E-state index in [9.17, 15) is 0 Å². The van der Waals surface area contributed by atoms with Crippen LogP contribution in [0.2, 0.25) is 0 Å². The third kappa shape index (κ3) is 4.69. The van der Waals surface area contributed by atoms with E-state index in [4.69, 9.17) is 4.74 Å². The van der Waals surface area contributed by atoms with Gasteiger partial charge in [0.1, 0.15) is 5.75 Å². The molecule has 0 spiro atoms. The third-order valence-corrected chi connectivity index (χ3v) is 5.10. The zero-order valence-electron chi connectivity index (χ0n) is 13.3. The Balaban J connectivity index is 2.85. The summed E-state index contributed by atoms with van der Waals surface area (Å²) in [6.45, 7) is 5.63. The summed E-state index contributed by atoms with van der Waals surface area (Å²) in [7, 11) is 3.90. The van der Waals surface area contributed by atoms with Crippen LogP contribution in [0.4, 0.5) is 5.69 Å². The van der Waals surface area contributed by atoms with E-state index < -0.39 is 0 Å². The van der Waals surface area contributed by atoms with Crippen molar-refractivity contribution >= 4 is 21.6 Å². The van der Waals surface area contributed by atoms with Gasteiger partial charge in [-0.3, -0.25) is 0 Å². The highest BCUT2D eigenvalue weighted by atomic mass is 79.9. The number of benzene rings is 1. The quantitative estimate of drug-likeness (QED) is 0.578. The van der Waals surface area contributed by atoms with Gasteiger partial charge in [0.2, 0.25) is 0 Å². The highest BCUT2D eigenvalue weighted by Gasteiger charge is 2.28. The van der Waals surface area contributed by atoms with Crippen LogP contribution >= 0.6 is 15.9 Å². The maximum atomic E-state index is 5.32. The summed E-state index contributed by atoms with van der Waals surface area (Å²) in [6.07, 6.45) is 5.00. The SMILES string of the molecule is CCCC(CBr)(CCC)CN(C)c1cccc(OC)c1. The summed E-state index contributed by atoms with van der Waals surface area (Å²) < 4.78 is 5.32. The van der Waals surface area contributed by atoms with Crippen molar-refractivity contribution < 1.29 is 4.74 Å². The average Bonchev–Trinajstić information content (AvgIpc) is 2.47. The Kier molecular flexibility index (Phi) is 7.42. The monoisotopic (exact) mass is 341 g/mol. The van der Waals surface area contributed by atoms with Crippen molar-refractivity contribution in [3.63, 3.8) is 0 Å². The molecule has 0 fully saturated rings. The molecule has 1 aromatic carbocycles. The van der Waals surface area contributed by atoms with E-state index in [1.54, 1.807) is 7.11 Å². The van der Waals surface area contributed by atoms with Gasteiger partial charge in [-0.25, -0.2) is 0 Å². The maximum Gasteiger partial charge on any atom is 0.120 e. The van der Waals surface area contributed by atoms with Crippen LogP contribution < -0.4 is 9.64 Å². The molecule has 1 rings (SSSR count). The largest absolute Gasteiger partial charge is 0.497 e. The molecular formula is C17H28BrNO. The van der Waals surface area contributed by atoms with Crippen LogP contribution in [0.25, 0.3) is 0 Å². The second-order valence-corrected chi connectivity index (χ2v) is 6.25. The Morgan fingerprint density at radius 1 is 1.20 bits per heavy atom. The van der Waals surface area contributed by atoms with Crippen molar-refractivity contribution in [2.45, 2.75) is 39.5 Å². The lowest BCUT2D eigenvalue weighted by Crippen LogP contribution is -2.37. The van der Waals surface area contributed by atoms with Gasteiger partial charge in [-0.2, -0.15) is 0 Å². The first-order valence-corrected chi connectivity index (χ1v) is 8.64. The first-order chi connectivity index (χ1) is 9.60. The number of rotatable bonds is 9. The Morgan fingerprint density at radius 2 is 1.85 bits per heavy atom. The second kappa shape index (κ2) is 8.56. The first kappa shape index (κ1) is 17.4. The van der Waals surface area contributed by atoms with Crippen LogP contribution in [0.3, 0.4) is 0 Å². The van der Waals surface area contributed by atoms with Gasteiger partial charge in [-0.05, 0) is 30.4 Å². The van der Waals surface area contributed by atoms with Crippen LogP contribution in [-0.2, 0) is 0 Å². The second-order valence-electron chi connectivity index (χ2n) is 5.69. The average molecular weight is 342 g/mol. The summed E-state index contributed by atoms with van der Waals surface area (Å²) in [6, 6.07) is 8.31. The molecule has 0 aliphatic heterocycles. The molecule has 0 radical (unpaired) electrons. The van der Waals surface area contributed by atoms with Crippen molar-refractivity contribution in [2.24, 2.45) is 5.41 Å². The van der Waals surface area contributed by atoms with Crippen molar-refractivity contribution in [1.82, 2.24) is 0 Å². The third-order valence-electron chi connectivity index (χ3n) is 3.91. The molecule has 20 heavy (non-hydrogen) atoms. The molecule has 0 aromatic heterocycles. The number of nitrogens with zero attached hydrogens (tertiary/aromatic N) is 1. The Hall–Kier alpha value is -0.700. The predicted molar refractivity (Wildman–Crippen MR) is 92.3 cm³/mol. The van der Waals surface area contributed by atoms with Crippen LogP contribution in [0, 0.1) is 5.41 Å². The molecular weight excluding hydrogens is 314 g/mol. The van der Waals surface area contributed by atoms with E-state index >= 15 is 0 Å². The van der Waals surface area contributed by atoms with Gasteiger partial charge in [0, 0.05) is 30.7 Å². The molecule has 1 aromatic rings. The maximum absolute atomic E-state index is 5.32. The first-order valence-electron chi connectivity index (χ1n) is 7.52. The van der Waals surface area contributed by atoms with Gasteiger partial charge in [0.05, 0.1) is 7.11 Å². The van der Waals surface area contributed by atoms with E-state index in [2.05, 4.69) is 59.9 Å². The van der Waals surface area contributed by atoms with Crippen molar-refractivity contribution in [2.75, 3.05) is 30.9 Å². The normalized spacial score (nSPS) is 11.4. The molecule has 3 heteroatoms. The summed E-state index contributed by atoms with van der Waals surface area (Å²) >= 11 is 3.75. The smallest absolute Gasteiger partial charge is 0.120 e.